The van der Waals surface area contributed by atoms with Gasteiger partial charge in [0.05, 0.1) is 0 Å². The van der Waals surface area contributed by atoms with Crippen LogP contribution in [0, 0.1) is 5.41 Å². The number of rotatable bonds is 3. The molecule has 0 aliphatic rings. The summed E-state index contributed by atoms with van der Waals surface area (Å²) in [5.41, 5.74) is 0.528. The van der Waals surface area contributed by atoms with Gasteiger partial charge in [-0.25, -0.2) is 24.6 Å². The Bertz CT molecular complexity index is 350. The van der Waals surface area contributed by atoms with Gasteiger partial charge in [0.25, 0.3) is 0 Å². The van der Waals surface area contributed by atoms with Gasteiger partial charge in [0.15, 0.2) is 0 Å². The number of nitrogens with one attached hydrogen (secondary N) is 1. The molecule has 4 N–H and O–H groups in total. The average molecular weight is 301 g/mol. The maximum atomic E-state index is 9.60. The standard InChI is InChI=1S/3C4H6O2.CHNO/c3*1-3(2)4(5)6;2-1-3/h3*1H2,2H3,(H,5,6);2H. The molecule has 0 aliphatic carbocycles. The number of carbonyl (C=O) groups is 3. The van der Waals surface area contributed by atoms with Crippen LogP contribution < -0.4 is 0 Å². The highest BCUT2D eigenvalue weighted by molar-refractivity contribution is 5.85. The molecular formula is C13H19NO7. The molecule has 0 bridgehead atoms. The Hall–Kier alpha value is -2.99. The van der Waals surface area contributed by atoms with Crippen molar-refractivity contribution in [2.24, 2.45) is 0 Å². The van der Waals surface area contributed by atoms with Crippen molar-refractivity contribution in [3.8, 4) is 0 Å². The molecule has 8 nitrogen and oxygen atoms in total. The molecule has 0 aromatic heterocycles. The summed E-state index contributed by atoms with van der Waals surface area (Å²) >= 11 is 0. The van der Waals surface area contributed by atoms with Crippen LogP contribution in [0.15, 0.2) is 36.5 Å². The highest BCUT2D eigenvalue weighted by Gasteiger charge is 1.91. The normalized spacial score (nSPS) is 6.81. The highest BCUT2D eigenvalue weighted by atomic mass is 16.4. The fourth-order valence-corrected chi connectivity index (χ4v) is 0. The zero-order chi connectivity index (χ0) is 18.2. The molecule has 21 heavy (non-hydrogen) atoms. The number of aliphatic carboxylic acids is 3. The Kier molecular flexibility index (Phi) is 21.5. The number of hydrogen-bond acceptors (Lipinski definition) is 5. The van der Waals surface area contributed by atoms with Crippen LogP contribution in [0.5, 0.6) is 0 Å². The lowest BCUT2D eigenvalue weighted by Gasteiger charge is -1.79. The third kappa shape index (κ3) is 47.2. The molecule has 0 aliphatic heterocycles. The van der Waals surface area contributed by atoms with Crippen LogP contribution in [0.4, 0.5) is 0 Å². The largest absolute Gasteiger partial charge is 0.478 e. The second-order valence-corrected chi connectivity index (χ2v) is 3.36. The molecule has 0 saturated heterocycles. The maximum absolute atomic E-state index is 9.60. The Morgan fingerprint density at radius 1 is 0.762 bits per heavy atom. The van der Waals surface area contributed by atoms with Gasteiger partial charge in [0.2, 0.25) is 6.08 Å². The molecule has 0 spiro atoms. The molecule has 8 heteroatoms. The van der Waals surface area contributed by atoms with Crippen LogP contribution in [-0.4, -0.2) is 39.3 Å². The molecular weight excluding hydrogens is 282 g/mol. The zero-order valence-electron chi connectivity index (χ0n) is 12.1. The van der Waals surface area contributed by atoms with Crippen molar-refractivity contribution in [3.63, 3.8) is 0 Å². The Morgan fingerprint density at radius 2 is 0.810 bits per heavy atom. The summed E-state index contributed by atoms with van der Waals surface area (Å²) in [5.74, 6) is -2.81. The number of hydrogen-bond donors (Lipinski definition) is 4. The topological polar surface area (TPSA) is 153 Å². The van der Waals surface area contributed by atoms with E-state index in [1.807, 2.05) is 0 Å². The molecule has 0 aromatic rings. The van der Waals surface area contributed by atoms with Gasteiger partial charge in [-0.05, 0) is 20.8 Å². The van der Waals surface area contributed by atoms with E-state index in [0.29, 0.717) is 0 Å². The SMILES string of the molecule is C=C(C)C(=O)O.C=C(C)C(=O)O.C=C(C)C(=O)O.N=C=O. The van der Waals surface area contributed by atoms with E-state index in [-0.39, 0.29) is 16.7 Å². The third-order valence-electron chi connectivity index (χ3n) is 1.10. The third-order valence-corrected chi connectivity index (χ3v) is 1.10. The number of isocyanates is 1. The lowest BCUT2D eigenvalue weighted by molar-refractivity contribution is -0.133. The van der Waals surface area contributed by atoms with Gasteiger partial charge in [-0.1, -0.05) is 19.7 Å². The summed E-state index contributed by atoms with van der Waals surface area (Å²) in [7, 11) is 0. The predicted molar refractivity (Wildman–Crippen MR) is 75.8 cm³/mol. The lowest BCUT2D eigenvalue weighted by Crippen LogP contribution is -1.92. The first-order valence-corrected chi connectivity index (χ1v) is 5.05. The fourth-order valence-electron chi connectivity index (χ4n) is 0. The van der Waals surface area contributed by atoms with Gasteiger partial charge in [-0.15, -0.1) is 0 Å². The van der Waals surface area contributed by atoms with E-state index >= 15 is 0 Å². The van der Waals surface area contributed by atoms with E-state index in [0.717, 1.165) is 6.08 Å². The number of carboxylic acids is 3. The molecule has 0 heterocycles. The van der Waals surface area contributed by atoms with Gasteiger partial charge in [0.1, 0.15) is 0 Å². The van der Waals surface area contributed by atoms with Crippen LogP contribution in [-0.2, 0) is 19.2 Å². The summed E-state index contributed by atoms with van der Waals surface area (Å²) in [6.45, 7) is 13.8. The average Bonchev–Trinajstić information content (AvgIpc) is 2.30. The summed E-state index contributed by atoms with van der Waals surface area (Å²) in [6, 6.07) is 0. The summed E-state index contributed by atoms with van der Waals surface area (Å²) in [4.78, 5) is 37.1. The Balaban J connectivity index is -0.0000000944. The molecule has 0 unspecified atom stereocenters. The molecule has 0 saturated carbocycles. The van der Waals surface area contributed by atoms with Crippen molar-refractivity contribution >= 4 is 24.0 Å². The summed E-state index contributed by atoms with van der Waals surface area (Å²) in [6.07, 6.45) is 0.750. The quantitative estimate of drug-likeness (QED) is 0.352. The second-order valence-electron chi connectivity index (χ2n) is 3.36. The molecule has 0 atom stereocenters. The van der Waals surface area contributed by atoms with E-state index in [1.165, 1.54) is 20.8 Å². The zero-order valence-corrected chi connectivity index (χ0v) is 12.1. The van der Waals surface area contributed by atoms with Gasteiger partial charge < -0.3 is 15.3 Å². The van der Waals surface area contributed by atoms with Crippen molar-refractivity contribution < 1.29 is 34.5 Å². The molecule has 0 fully saturated rings. The first-order valence-electron chi connectivity index (χ1n) is 5.05. The van der Waals surface area contributed by atoms with Crippen molar-refractivity contribution in [1.82, 2.24) is 0 Å². The minimum Gasteiger partial charge on any atom is -0.478 e. The van der Waals surface area contributed by atoms with Crippen LogP contribution >= 0.6 is 0 Å². The molecule has 0 aromatic carbocycles. The lowest BCUT2D eigenvalue weighted by atomic mass is 10.4. The van der Waals surface area contributed by atoms with E-state index in [1.54, 1.807) is 0 Å². The van der Waals surface area contributed by atoms with Crippen LogP contribution in [0.25, 0.3) is 0 Å². The van der Waals surface area contributed by atoms with E-state index in [4.69, 9.17) is 25.5 Å². The van der Waals surface area contributed by atoms with Crippen molar-refractivity contribution in [3.05, 3.63) is 36.5 Å². The Labute approximate surface area is 122 Å². The molecule has 118 valence electrons. The van der Waals surface area contributed by atoms with Gasteiger partial charge >= 0.3 is 17.9 Å². The highest BCUT2D eigenvalue weighted by Crippen LogP contribution is 1.82. The van der Waals surface area contributed by atoms with Crippen molar-refractivity contribution in [1.29, 1.82) is 5.41 Å². The van der Waals surface area contributed by atoms with Crippen molar-refractivity contribution in [2.75, 3.05) is 0 Å². The smallest absolute Gasteiger partial charge is 0.330 e. The van der Waals surface area contributed by atoms with Crippen LogP contribution in [0.2, 0.25) is 0 Å². The van der Waals surface area contributed by atoms with E-state index in [9.17, 15) is 14.4 Å². The molecule has 0 amide bonds. The summed E-state index contributed by atoms with van der Waals surface area (Å²) < 4.78 is 0. The minimum absolute atomic E-state index is 0.176. The minimum atomic E-state index is -0.935. The number of carboxylic acid groups (broad SMARTS) is 3. The Morgan fingerprint density at radius 3 is 0.810 bits per heavy atom. The number of carbonyl (C=O) groups excluding carboxylic acids is 1. The van der Waals surface area contributed by atoms with Gasteiger partial charge in [0, 0.05) is 16.7 Å². The summed E-state index contributed by atoms with van der Waals surface area (Å²) in [5, 5.41) is 29.1. The molecule has 0 radical (unpaired) electrons. The predicted octanol–water partition coefficient (Wildman–Crippen LogP) is 1.84. The van der Waals surface area contributed by atoms with E-state index < -0.39 is 17.9 Å². The monoisotopic (exact) mass is 301 g/mol. The first kappa shape index (κ1) is 26.5. The maximum Gasteiger partial charge on any atom is 0.330 e. The van der Waals surface area contributed by atoms with Crippen LogP contribution in [0.1, 0.15) is 20.8 Å². The van der Waals surface area contributed by atoms with Crippen molar-refractivity contribution in [2.45, 2.75) is 20.8 Å². The first-order chi connectivity index (χ1) is 9.34. The second kappa shape index (κ2) is 17.0. The van der Waals surface area contributed by atoms with Gasteiger partial charge in [-0.2, -0.15) is 0 Å². The van der Waals surface area contributed by atoms with E-state index in [2.05, 4.69) is 19.7 Å². The fraction of sp³-hybridized carbons (Fsp3) is 0.231. The van der Waals surface area contributed by atoms with Crippen LogP contribution in [0.3, 0.4) is 0 Å². The molecule has 0 rings (SSSR count). The van der Waals surface area contributed by atoms with Gasteiger partial charge in [-0.3, -0.25) is 0 Å².